The molecule has 2 aromatic rings. The molecular weight excluding hydrogens is 264 g/mol. The summed E-state index contributed by atoms with van der Waals surface area (Å²) in [6, 6.07) is 8.23. The molecule has 0 aliphatic heterocycles. The van der Waals surface area contributed by atoms with Crippen LogP contribution in [0.3, 0.4) is 0 Å². The highest BCUT2D eigenvalue weighted by molar-refractivity contribution is 5.92. The van der Waals surface area contributed by atoms with Crippen LogP contribution < -0.4 is 10.6 Å². The number of aromatic nitrogens is 2. The van der Waals surface area contributed by atoms with Gasteiger partial charge in [0.2, 0.25) is 0 Å². The van der Waals surface area contributed by atoms with Crippen molar-refractivity contribution in [1.29, 1.82) is 0 Å². The highest BCUT2D eigenvalue weighted by Gasteiger charge is 2.06. The third-order valence-electron chi connectivity index (χ3n) is 2.85. The quantitative estimate of drug-likeness (QED) is 0.798. The van der Waals surface area contributed by atoms with Crippen LogP contribution in [0.25, 0.3) is 0 Å². The van der Waals surface area contributed by atoms with Gasteiger partial charge in [0.05, 0.1) is 12.4 Å². The molecule has 0 fully saturated rings. The summed E-state index contributed by atoms with van der Waals surface area (Å²) < 4.78 is 0. The summed E-state index contributed by atoms with van der Waals surface area (Å²) in [6.45, 7) is 6.67. The fourth-order valence-corrected chi connectivity index (χ4v) is 1.81. The van der Waals surface area contributed by atoms with Crippen LogP contribution in [0.2, 0.25) is 0 Å². The minimum atomic E-state index is -0.257. The molecule has 1 aromatic heterocycles. The van der Waals surface area contributed by atoms with Crippen molar-refractivity contribution in [3.05, 3.63) is 66.1 Å². The summed E-state index contributed by atoms with van der Waals surface area (Å²) in [5.74, 6) is 0.379. The fourth-order valence-electron chi connectivity index (χ4n) is 1.81. The summed E-state index contributed by atoms with van der Waals surface area (Å²) in [4.78, 5) is 19.9. The van der Waals surface area contributed by atoms with E-state index in [9.17, 15) is 4.79 Å². The molecule has 0 saturated heterocycles. The number of carbonyl (C=O) groups excluding carboxylic acids is 1. The zero-order valence-corrected chi connectivity index (χ0v) is 12.0. The number of anilines is 1. The summed E-state index contributed by atoms with van der Waals surface area (Å²) >= 11 is 0. The highest BCUT2D eigenvalue weighted by Crippen LogP contribution is 2.07. The summed E-state index contributed by atoms with van der Waals surface area (Å²) in [7, 11) is 0. The average molecular weight is 282 g/mol. The van der Waals surface area contributed by atoms with E-state index in [-0.39, 0.29) is 11.6 Å². The van der Waals surface area contributed by atoms with Gasteiger partial charge in [-0.05, 0) is 12.5 Å². The first kappa shape index (κ1) is 14.7. The number of amides is 1. The van der Waals surface area contributed by atoms with E-state index in [0.717, 1.165) is 0 Å². The van der Waals surface area contributed by atoms with Crippen molar-refractivity contribution in [1.82, 2.24) is 15.3 Å². The Kier molecular flexibility index (Phi) is 5.04. The van der Waals surface area contributed by atoms with E-state index in [0.29, 0.717) is 18.9 Å². The van der Waals surface area contributed by atoms with Crippen LogP contribution in [0, 0.1) is 6.92 Å². The molecule has 21 heavy (non-hydrogen) atoms. The normalized spacial score (nSPS) is 9.95. The Morgan fingerprint density at radius 2 is 2.19 bits per heavy atom. The standard InChI is InChI=1S/C16H18N4O/c1-3-7-17-16(21)14-10-20-15(11-18-14)19-9-13-6-4-5-12(2)8-13/h3-6,8,10-11H,1,7,9H2,2H3,(H,17,21)(H,19,20). The van der Waals surface area contributed by atoms with Crippen molar-refractivity contribution in [2.24, 2.45) is 0 Å². The van der Waals surface area contributed by atoms with Crippen molar-refractivity contribution >= 4 is 11.7 Å². The molecule has 0 aliphatic rings. The molecule has 5 heteroatoms. The van der Waals surface area contributed by atoms with Gasteiger partial charge >= 0.3 is 0 Å². The molecule has 0 radical (unpaired) electrons. The Balaban J connectivity index is 1.93. The molecule has 0 atom stereocenters. The lowest BCUT2D eigenvalue weighted by Gasteiger charge is -2.07. The van der Waals surface area contributed by atoms with E-state index in [1.165, 1.54) is 17.3 Å². The van der Waals surface area contributed by atoms with E-state index >= 15 is 0 Å². The van der Waals surface area contributed by atoms with Gasteiger partial charge in [-0.3, -0.25) is 4.79 Å². The first-order valence-electron chi connectivity index (χ1n) is 6.69. The number of benzene rings is 1. The van der Waals surface area contributed by atoms with E-state index in [2.05, 4.69) is 46.2 Å². The van der Waals surface area contributed by atoms with Gasteiger partial charge in [-0.15, -0.1) is 6.58 Å². The van der Waals surface area contributed by atoms with Gasteiger partial charge in [-0.25, -0.2) is 9.97 Å². The molecule has 0 aliphatic carbocycles. The zero-order valence-electron chi connectivity index (χ0n) is 12.0. The second-order valence-electron chi connectivity index (χ2n) is 4.63. The fraction of sp³-hybridized carbons (Fsp3) is 0.188. The molecule has 1 heterocycles. The first-order valence-corrected chi connectivity index (χ1v) is 6.69. The third-order valence-corrected chi connectivity index (χ3v) is 2.85. The largest absolute Gasteiger partial charge is 0.365 e. The molecule has 2 rings (SSSR count). The summed E-state index contributed by atoms with van der Waals surface area (Å²) in [6.07, 6.45) is 4.62. The van der Waals surface area contributed by atoms with Crippen molar-refractivity contribution < 1.29 is 4.79 Å². The van der Waals surface area contributed by atoms with Crippen LogP contribution in [0.1, 0.15) is 21.6 Å². The number of nitrogens with one attached hydrogen (secondary N) is 2. The molecule has 1 amide bonds. The van der Waals surface area contributed by atoms with Crippen molar-refractivity contribution in [2.75, 3.05) is 11.9 Å². The monoisotopic (exact) mass is 282 g/mol. The molecule has 0 bridgehead atoms. The Bertz CT molecular complexity index is 622. The van der Waals surface area contributed by atoms with Crippen LogP contribution >= 0.6 is 0 Å². The van der Waals surface area contributed by atoms with Gasteiger partial charge in [0.25, 0.3) is 5.91 Å². The molecular formula is C16H18N4O. The van der Waals surface area contributed by atoms with Crippen LogP contribution in [0.4, 0.5) is 5.82 Å². The predicted octanol–water partition coefficient (Wildman–Crippen LogP) is 2.31. The van der Waals surface area contributed by atoms with E-state index in [1.54, 1.807) is 12.3 Å². The lowest BCUT2D eigenvalue weighted by atomic mass is 10.1. The number of aryl methyl sites for hydroxylation is 1. The number of nitrogens with zero attached hydrogens (tertiary/aromatic N) is 2. The Labute approximate surface area is 124 Å². The SMILES string of the molecule is C=CCNC(=O)c1cnc(NCc2cccc(C)c2)cn1. The van der Waals surface area contributed by atoms with Gasteiger partial charge in [-0.2, -0.15) is 0 Å². The van der Waals surface area contributed by atoms with Crippen LogP contribution in [-0.2, 0) is 6.54 Å². The number of hydrogen-bond donors (Lipinski definition) is 2. The Morgan fingerprint density at radius 3 is 2.86 bits per heavy atom. The summed E-state index contributed by atoms with van der Waals surface area (Å²) in [5.41, 5.74) is 2.68. The second-order valence-corrected chi connectivity index (χ2v) is 4.63. The minimum Gasteiger partial charge on any atom is -0.365 e. The van der Waals surface area contributed by atoms with E-state index < -0.39 is 0 Å². The molecule has 0 saturated carbocycles. The maximum absolute atomic E-state index is 11.6. The van der Waals surface area contributed by atoms with Gasteiger partial charge in [0, 0.05) is 13.1 Å². The van der Waals surface area contributed by atoms with Gasteiger partial charge in [-0.1, -0.05) is 35.9 Å². The topological polar surface area (TPSA) is 66.9 Å². The lowest BCUT2D eigenvalue weighted by molar-refractivity contribution is 0.0952. The Morgan fingerprint density at radius 1 is 1.33 bits per heavy atom. The van der Waals surface area contributed by atoms with Gasteiger partial charge in [0.15, 0.2) is 0 Å². The number of carbonyl (C=O) groups is 1. The van der Waals surface area contributed by atoms with Crippen molar-refractivity contribution in [3.63, 3.8) is 0 Å². The number of rotatable bonds is 6. The highest BCUT2D eigenvalue weighted by atomic mass is 16.1. The molecule has 0 unspecified atom stereocenters. The van der Waals surface area contributed by atoms with Crippen LogP contribution in [0.5, 0.6) is 0 Å². The number of hydrogen-bond acceptors (Lipinski definition) is 4. The van der Waals surface area contributed by atoms with Crippen LogP contribution in [0.15, 0.2) is 49.3 Å². The molecule has 108 valence electrons. The van der Waals surface area contributed by atoms with E-state index in [1.807, 2.05) is 12.1 Å². The molecule has 5 nitrogen and oxygen atoms in total. The maximum atomic E-state index is 11.6. The third kappa shape index (κ3) is 4.42. The lowest BCUT2D eigenvalue weighted by Crippen LogP contribution is -2.24. The Hall–Kier alpha value is -2.69. The second kappa shape index (κ2) is 7.19. The summed E-state index contributed by atoms with van der Waals surface area (Å²) in [5, 5.41) is 5.83. The maximum Gasteiger partial charge on any atom is 0.271 e. The average Bonchev–Trinajstić information content (AvgIpc) is 2.51. The van der Waals surface area contributed by atoms with Crippen molar-refractivity contribution in [2.45, 2.75) is 13.5 Å². The first-order chi connectivity index (χ1) is 10.2. The smallest absolute Gasteiger partial charge is 0.271 e. The van der Waals surface area contributed by atoms with Crippen molar-refractivity contribution in [3.8, 4) is 0 Å². The zero-order chi connectivity index (χ0) is 15.1. The molecule has 0 spiro atoms. The van der Waals surface area contributed by atoms with E-state index in [4.69, 9.17) is 0 Å². The predicted molar refractivity (Wildman–Crippen MR) is 83.1 cm³/mol. The van der Waals surface area contributed by atoms with Gasteiger partial charge < -0.3 is 10.6 Å². The molecule has 1 aromatic carbocycles. The molecule has 2 N–H and O–H groups in total. The van der Waals surface area contributed by atoms with Gasteiger partial charge in [0.1, 0.15) is 11.5 Å². The minimum absolute atomic E-state index is 0.257. The van der Waals surface area contributed by atoms with Crippen LogP contribution in [-0.4, -0.2) is 22.4 Å².